The van der Waals surface area contributed by atoms with Crippen molar-refractivity contribution < 1.29 is 28.2 Å². The number of likely N-dealkylation sites (tertiary alicyclic amines) is 1. The minimum Gasteiger partial charge on any atom is -0.477 e. The SMILES string of the molecule is CCCCCCCCCCNC1(CN)CCN(C)C(=O)C1C.O=C(O)c1ccc(N2CC(F)(F)C2)c(OCC2CC2)n1. The normalized spacial score (nSPS) is 23.2. The maximum absolute atomic E-state index is 12.9. The van der Waals surface area contributed by atoms with Gasteiger partial charge < -0.3 is 30.7 Å². The molecule has 0 spiro atoms. The molecule has 11 heteroatoms. The number of amides is 1. The van der Waals surface area contributed by atoms with Crippen molar-refractivity contribution in [3.8, 4) is 5.88 Å². The summed E-state index contributed by atoms with van der Waals surface area (Å²) in [5.41, 5.74) is 6.11. The van der Waals surface area contributed by atoms with Crippen LogP contribution in [0.4, 0.5) is 14.5 Å². The minimum atomic E-state index is -2.70. The molecule has 0 bridgehead atoms. The van der Waals surface area contributed by atoms with E-state index >= 15 is 0 Å². The van der Waals surface area contributed by atoms with Gasteiger partial charge in [-0.1, -0.05) is 58.8 Å². The van der Waals surface area contributed by atoms with Gasteiger partial charge in [-0.3, -0.25) is 4.79 Å². The molecule has 1 aromatic rings. The first-order valence-electron chi connectivity index (χ1n) is 15.7. The van der Waals surface area contributed by atoms with Crippen LogP contribution < -0.4 is 20.7 Å². The number of rotatable bonds is 16. The highest BCUT2D eigenvalue weighted by Gasteiger charge is 2.45. The Balaban J connectivity index is 0.000000231. The van der Waals surface area contributed by atoms with Gasteiger partial charge in [-0.05, 0) is 50.3 Å². The number of carboxylic acid groups (broad SMARTS) is 1. The third kappa shape index (κ3) is 9.76. The lowest BCUT2D eigenvalue weighted by Gasteiger charge is -2.45. The number of halogens is 2. The number of aromatic carboxylic acids is 1. The zero-order valence-corrected chi connectivity index (χ0v) is 25.7. The molecule has 2 unspecified atom stereocenters. The summed E-state index contributed by atoms with van der Waals surface area (Å²) >= 11 is 0. The van der Waals surface area contributed by atoms with Gasteiger partial charge in [-0.25, -0.2) is 18.6 Å². The second kappa shape index (κ2) is 15.8. The first kappa shape index (κ1) is 34.0. The number of carbonyl (C=O) groups is 2. The number of unbranched alkanes of at least 4 members (excludes halogenated alkanes) is 7. The van der Waals surface area contributed by atoms with Crippen LogP contribution in [0.1, 0.15) is 95.0 Å². The van der Waals surface area contributed by atoms with Crippen LogP contribution in [0.3, 0.4) is 0 Å². The van der Waals surface area contributed by atoms with Crippen LogP contribution in [0.5, 0.6) is 5.88 Å². The molecular weight excluding hydrogens is 544 g/mol. The molecule has 1 aliphatic carbocycles. The molecule has 238 valence electrons. The van der Waals surface area contributed by atoms with Crippen LogP contribution in [0.15, 0.2) is 12.1 Å². The summed E-state index contributed by atoms with van der Waals surface area (Å²) in [7, 11) is 1.89. The van der Waals surface area contributed by atoms with E-state index in [1.807, 2.05) is 18.9 Å². The van der Waals surface area contributed by atoms with E-state index in [4.69, 9.17) is 15.6 Å². The van der Waals surface area contributed by atoms with Crippen molar-refractivity contribution in [3.05, 3.63) is 17.8 Å². The number of anilines is 1. The zero-order valence-electron chi connectivity index (χ0n) is 25.7. The smallest absolute Gasteiger partial charge is 0.354 e. The Bertz CT molecular complexity index is 1020. The van der Waals surface area contributed by atoms with E-state index in [1.165, 1.54) is 68.4 Å². The van der Waals surface area contributed by atoms with Crippen LogP contribution in [0.2, 0.25) is 0 Å². The first-order valence-corrected chi connectivity index (χ1v) is 15.7. The maximum Gasteiger partial charge on any atom is 0.354 e. The van der Waals surface area contributed by atoms with Gasteiger partial charge in [0.05, 0.1) is 25.6 Å². The van der Waals surface area contributed by atoms with Crippen LogP contribution in [0.25, 0.3) is 0 Å². The number of carbonyl (C=O) groups excluding carboxylic acids is 1. The van der Waals surface area contributed by atoms with E-state index in [1.54, 1.807) is 0 Å². The molecule has 2 saturated heterocycles. The Morgan fingerprint density at radius 2 is 1.79 bits per heavy atom. The average Bonchev–Trinajstić information content (AvgIpc) is 3.79. The van der Waals surface area contributed by atoms with E-state index in [9.17, 15) is 18.4 Å². The van der Waals surface area contributed by atoms with E-state index in [-0.39, 0.29) is 42.0 Å². The molecule has 1 saturated carbocycles. The van der Waals surface area contributed by atoms with Gasteiger partial charge in [0.15, 0.2) is 5.69 Å². The number of carboxylic acids is 1. The third-order valence-corrected chi connectivity index (χ3v) is 8.74. The number of hydrogen-bond acceptors (Lipinski definition) is 7. The molecule has 2 aliphatic heterocycles. The molecule has 42 heavy (non-hydrogen) atoms. The summed E-state index contributed by atoms with van der Waals surface area (Å²) in [5, 5.41) is 12.6. The van der Waals surface area contributed by atoms with E-state index in [0.717, 1.165) is 32.4 Å². The fraction of sp³-hybridized carbons (Fsp3) is 0.774. The number of alkyl halides is 2. The molecule has 3 fully saturated rings. The number of piperidine rings is 1. The van der Waals surface area contributed by atoms with Crippen molar-refractivity contribution in [1.29, 1.82) is 0 Å². The van der Waals surface area contributed by atoms with E-state index in [0.29, 0.717) is 24.8 Å². The largest absolute Gasteiger partial charge is 0.477 e. The molecule has 3 heterocycles. The van der Waals surface area contributed by atoms with E-state index in [2.05, 4.69) is 17.2 Å². The lowest BCUT2D eigenvalue weighted by atomic mass is 9.78. The van der Waals surface area contributed by atoms with Crippen molar-refractivity contribution in [2.45, 2.75) is 95.9 Å². The lowest BCUT2D eigenvalue weighted by Crippen LogP contribution is -2.64. The first-order chi connectivity index (χ1) is 20.0. The predicted molar refractivity (Wildman–Crippen MR) is 160 cm³/mol. The fourth-order valence-electron chi connectivity index (χ4n) is 5.51. The van der Waals surface area contributed by atoms with Gasteiger partial charge in [0.25, 0.3) is 5.92 Å². The average molecular weight is 596 g/mol. The summed E-state index contributed by atoms with van der Waals surface area (Å²) in [6, 6.07) is 2.78. The summed E-state index contributed by atoms with van der Waals surface area (Å²) < 4.78 is 31.4. The summed E-state index contributed by atoms with van der Waals surface area (Å²) in [5.74, 6) is -3.06. The number of ether oxygens (including phenoxy) is 1. The maximum atomic E-state index is 12.9. The number of nitrogens with two attached hydrogens (primary N) is 1. The molecule has 3 aliphatic rings. The Morgan fingerprint density at radius 1 is 1.14 bits per heavy atom. The van der Waals surface area contributed by atoms with Crippen molar-refractivity contribution in [2.75, 3.05) is 51.3 Å². The van der Waals surface area contributed by atoms with Crippen LogP contribution in [-0.2, 0) is 4.79 Å². The Kier molecular flexibility index (Phi) is 12.8. The van der Waals surface area contributed by atoms with Gasteiger partial charge in [0.1, 0.15) is 5.69 Å². The molecule has 4 N–H and O–H groups in total. The molecule has 9 nitrogen and oxygen atoms in total. The number of nitrogens with one attached hydrogen (secondary N) is 1. The van der Waals surface area contributed by atoms with Gasteiger partial charge in [0.2, 0.25) is 11.8 Å². The number of pyridine rings is 1. The van der Waals surface area contributed by atoms with Crippen LogP contribution in [0, 0.1) is 11.8 Å². The summed E-state index contributed by atoms with van der Waals surface area (Å²) in [4.78, 5) is 30.3. The third-order valence-electron chi connectivity index (χ3n) is 8.74. The van der Waals surface area contributed by atoms with Crippen molar-refractivity contribution in [2.24, 2.45) is 17.6 Å². The van der Waals surface area contributed by atoms with Crippen LogP contribution in [-0.4, -0.2) is 84.7 Å². The second-order valence-corrected chi connectivity index (χ2v) is 12.3. The molecule has 0 radical (unpaired) electrons. The van der Waals surface area contributed by atoms with Gasteiger partial charge in [-0.2, -0.15) is 0 Å². The number of nitrogens with zero attached hydrogens (tertiary/aromatic N) is 3. The number of hydrogen-bond donors (Lipinski definition) is 3. The molecule has 4 rings (SSSR count). The fourth-order valence-corrected chi connectivity index (χ4v) is 5.51. The quantitative estimate of drug-likeness (QED) is 0.230. The zero-order chi connectivity index (χ0) is 30.8. The second-order valence-electron chi connectivity index (χ2n) is 12.3. The minimum absolute atomic E-state index is 0.0229. The molecule has 1 aromatic heterocycles. The van der Waals surface area contributed by atoms with Crippen molar-refractivity contribution in [3.63, 3.8) is 0 Å². The van der Waals surface area contributed by atoms with Crippen LogP contribution >= 0.6 is 0 Å². The Labute approximate surface area is 249 Å². The standard InChI is InChI=1S/C18H37N3O.C13H14F2N2O3/c1-4-5-6-7-8-9-10-11-13-20-18(15-19)12-14-21(3)17(22)16(18)2;14-13(15)6-17(7-13)10-4-3-9(12(18)19)16-11(10)20-5-8-1-2-8/h16,20H,4-15,19H2,1-3H3;3-4,8H,1-2,5-7H2,(H,18,19). The summed E-state index contributed by atoms with van der Waals surface area (Å²) in [6.45, 7) is 6.29. The van der Waals surface area contributed by atoms with E-state index < -0.39 is 11.9 Å². The highest BCUT2D eigenvalue weighted by atomic mass is 19.3. The Morgan fingerprint density at radius 3 is 2.36 bits per heavy atom. The molecule has 1 amide bonds. The van der Waals surface area contributed by atoms with Gasteiger partial charge >= 0.3 is 5.97 Å². The molecule has 2 atom stereocenters. The lowest BCUT2D eigenvalue weighted by molar-refractivity contribution is -0.140. The van der Waals surface area contributed by atoms with Gasteiger partial charge in [-0.15, -0.1) is 0 Å². The molecular formula is C31H51F2N5O4. The molecule has 0 aromatic carbocycles. The van der Waals surface area contributed by atoms with Crippen molar-refractivity contribution in [1.82, 2.24) is 15.2 Å². The predicted octanol–water partition coefficient (Wildman–Crippen LogP) is 4.94. The summed E-state index contributed by atoms with van der Waals surface area (Å²) in [6.07, 6.45) is 13.7. The van der Waals surface area contributed by atoms with Crippen molar-refractivity contribution >= 4 is 17.6 Å². The van der Waals surface area contributed by atoms with Gasteiger partial charge in [0, 0.05) is 25.7 Å². The monoisotopic (exact) mass is 595 g/mol. The highest BCUT2D eigenvalue weighted by Crippen LogP contribution is 2.38. The Hall–Kier alpha value is -2.53. The topological polar surface area (TPSA) is 121 Å². The highest BCUT2D eigenvalue weighted by molar-refractivity contribution is 5.86. The number of aromatic nitrogens is 1.